The third-order valence-electron chi connectivity index (χ3n) is 9.11. The number of benzene rings is 2. The van der Waals surface area contributed by atoms with Gasteiger partial charge in [0.2, 0.25) is 0 Å². The van der Waals surface area contributed by atoms with Crippen LogP contribution in [0.25, 0.3) is 0 Å². The first kappa shape index (κ1) is 32.9. The van der Waals surface area contributed by atoms with Gasteiger partial charge >= 0.3 is 6.03 Å². The molecule has 2 fully saturated rings. The van der Waals surface area contributed by atoms with Gasteiger partial charge in [0.05, 0.1) is 17.6 Å². The minimum Gasteiger partial charge on any atom is -0.436 e. The summed E-state index contributed by atoms with van der Waals surface area (Å²) in [7, 11) is 0. The molecule has 0 radical (unpaired) electrons. The Hall–Kier alpha value is -5.00. The molecule has 2 aromatic carbocycles. The summed E-state index contributed by atoms with van der Waals surface area (Å²) in [6, 6.07) is 19.1. The number of halogens is 3. The maximum Gasteiger partial charge on any atom is 0.322 e. The van der Waals surface area contributed by atoms with Crippen LogP contribution in [0.5, 0.6) is 0 Å². The second kappa shape index (κ2) is 14.8. The average molecular weight is 661 g/mol. The highest BCUT2D eigenvalue weighted by Crippen LogP contribution is 2.33. The molecule has 6 rings (SSSR count). The van der Waals surface area contributed by atoms with E-state index in [4.69, 9.17) is 4.74 Å². The predicted molar refractivity (Wildman–Crippen MR) is 178 cm³/mol. The van der Waals surface area contributed by atoms with Crippen LogP contribution < -0.4 is 15.5 Å². The normalized spacial score (nSPS) is 19.1. The molecule has 1 aromatic heterocycles. The molecule has 0 spiro atoms. The van der Waals surface area contributed by atoms with Crippen molar-refractivity contribution < 1.29 is 27.5 Å². The van der Waals surface area contributed by atoms with Crippen molar-refractivity contribution in [1.82, 2.24) is 14.8 Å². The topological polar surface area (TPSA) is 90.0 Å². The SMILES string of the molecule is CC1CN(c2ccc(NC(=O)C3=C(C(F)F)CCC=C(N4CCC(c5ccccc5)CC4)O3)cn2)CCN1C(=O)Nc1ccccc1F. The number of anilines is 3. The Morgan fingerprint density at radius 2 is 1.67 bits per heavy atom. The average Bonchev–Trinajstić information content (AvgIpc) is 3.34. The second-order valence-electron chi connectivity index (χ2n) is 12.3. The molecule has 3 aromatic rings. The van der Waals surface area contributed by atoms with Gasteiger partial charge in [-0.25, -0.2) is 22.9 Å². The number of urea groups is 1. The van der Waals surface area contributed by atoms with Crippen molar-refractivity contribution >= 4 is 29.1 Å². The van der Waals surface area contributed by atoms with Crippen LogP contribution in [0.2, 0.25) is 0 Å². The van der Waals surface area contributed by atoms with Gasteiger partial charge < -0.3 is 30.1 Å². The largest absolute Gasteiger partial charge is 0.436 e. The number of nitrogens with zero attached hydrogens (tertiary/aromatic N) is 4. The highest BCUT2D eigenvalue weighted by Gasteiger charge is 2.31. The molecule has 4 heterocycles. The summed E-state index contributed by atoms with van der Waals surface area (Å²) in [4.78, 5) is 36.4. The van der Waals surface area contributed by atoms with E-state index in [0.717, 1.165) is 12.8 Å². The lowest BCUT2D eigenvalue weighted by Crippen LogP contribution is -2.55. The fraction of sp³-hybridized carbons (Fsp3) is 0.361. The Balaban J connectivity index is 1.06. The van der Waals surface area contributed by atoms with Crippen molar-refractivity contribution in [3.8, 4) is 0 Å². The molecular weight excluding hydrogens is 621 g/mol. The van der Waals surface area contributed by atoms with Crippen LogP contribution >= 0.6 is 0 Å². The summed E-state index contributed by atoms with van der Waals surface area (Å²) in [5.41, 5.74) is 1.42. The second-order valence-corrected chi connectivity index (χ2v) is 12.3. The van der Waals surface area contributed by atoms with E-state index in [9.17, 15) is 22.8 Å². The summed E-state index contributed by atoms with van der Waals surface area (Å²) in [6.45, 7) is 4.65. The third-order valence-corrected chi connectivity index (χ3v) is 9.11. The van der Waals surface area contributed by atoms with Crippen LogP contribution in [-0.2, 0) is 9.53 Å². The lowest BCUT2D eigenvalue weighted by Gasteiger charge is -2.40. The van der Waals surface area contributed by atoms with Crippen LogP contribution in [0.1, 0.15) is 44.1 Å². The number of carbonyl (C=O) groups excluding carboxylic acids is 2. The monoisotopic (exact) mass is 660 g/mol. The Kier molecular flexibility index (Phi) is 10.2. The molecule has 252 valence electrons. The number of likely N-dealkylation sites (tertiary alicyclic amines) is 1. The molecule has 1 atom stereocenters. The first-order valence-corrected chi connectivity index (χ1v) is 16.3. The zero-order chi connectivity index (χ0) is 33.6. The Morgan fingerprint density at radius 3 is 2.35 bits per heavy atom. The minimum atomic E-state index is -2.84. The molecule has 12 heteroatoms. The zero-order valence-electron chi connectivity index (χ0n) is 26.7. The quantitative estimate of drug-likeness (QED) is 0.285. The van der Waals surface area contributed by atoms with Gasteiger partial charge in [-0.05, 0) is 74.4 Å². The molecule has 48 heavy (non-hydrogen) atoms. The van der Waals surface area contributed by atoms with E-state index in [2.05, 4.69) is 27.8 Å². The molecule has 0 aliphatic carbocycles. The number of nitrogens with one attached hydrogen (secondary N) is 2. The highest BCUT2D eigenvalue weighted by molar-refractivity contribution is 6.03. The number of amides is 3. The van der Waals surface area contributed by atoms with E-state index in [0.29, 0.717) is 62.5 Å². The van der Waals surface area contributed by atoms with Gasteiger partial charge in [-0.3, -0.25) is 4.79 Å². The van der Waals surface area contributed by atoms with Crippen molar-refractivity contribution in [3.05, 3.63) is 108 Å². The maximum absolute atomic E-state index is 14.1. The number of rotatable bonds is 7. The first-order valence-electron chi connectivity index (χ1n) is 16.3. The van der Waals surface area contributed by atoms with E-state index in [1.807, 2.05) is 34.9 Å². The third kappa shape index (κ3) is 7.58. The number of para-hydroxylation sites is 1. The molecule has 3 amide bonds. The minimum absolute atomic E-state index is 0.0179. The fourth-order valence-electron chi connectivity index (χ4n) is 6.48. The van der Waals surface area contributed by atoms with Crippen LogP contribution in [-0.4, -0.2) is 71.9 Å². The van der Waals surface area contributed by atoms with Crippen LogP contribution in [0, 0.1) is 5.82 Å². The number of alkyl halides is 2. The van der Waals surface area contributed by atoms with E-state index < -0.39 is 18.1 Å². The van der Waals surface area contributed by atoms with E-state index in [1.165, 1.54) is 23.9 Å². The predicted octanol–water partition coefficient (Wildman–Crippen LogP) is 6.95. The summed E-state index contributed by atoms with van der Waals surface area (Å²) >= 11 is 0. The smallest absolute Gasteiger partial charge is 0.322 e. The maximum atomic E-state index is 14.1. The summed E-state index contributed by atoms with van der Waals surface area (Å²) in [5, 5.41) is 5.32. The van der Waals surface area contributed by atoms with Gasteiger partial charge in [0.25, 0.3) is 12.3 Å². The number of piperidine rings is 1. The number of pyridine rings is 1. The van der Waals surface area contributed by atoms with E-state index >= 15 is 0 Å². The van der Waals surface area contributed by atoms with Gasteiger partial charge in [-0.1, -0.05) is 42.5 Å². The summed E-state index contributed by atoms with van der Waals surface area (Å²) in [5.74, 6) is -0.145. The van der Waals surface area contributed by atoms with E-state index in [-0.39, 0.29) is 35.5 Å². The number of hydrogen-bond donors (Lipinski definition) is 2. The Bertz CT molecular complexity index is 1660. The van der Waals surface area contributed by atoms with Gasteiger partial charge in [0.15, 0.2) is 11.6 Å². The number of hydrogen-bond acceptors (Lipinski definition) is 6. The standard InChI is InChI=1S/C36H39F3N6O3/c1-24-23-44(20-21-45(24)36(47)42-30-12-6-5-11-29(30)37)31-15-14-27(22-40-31)41-35(46)33-28(34(38)39)10-7-13-32(48-33)43-18-16-26(17-19-43)25-8-3-2-4-9-25/h2-6,8-9,11-15,22,24,26,34H,7,10,16-21,23H2,1H3,(H,41,46)(H,42,47). The van der Waals surface area contributed by atoms with Gasteiger partial charge in [0, 0.05) is 44.3 Å². The number of piperazine rings is 1. The van der Waals surface area contributed by atoms with Crippen LogP contribution in [0.4, 0.5) is 35.2 Å². The van der Waals surface area contributed by atoms with E-state index in [1.54, 1.807) is 35.2 Å². The highest BCUT2D eigenvalue weighted by atomic mass is 19.3. The molecule has 2 saturated heterocycles. The van der Waals surface area contributed by atoms with Crippen molar-refractivity contribution in [2.24, 2.45) is 0 Å². The Labute approximate surface area is 278 Å². The number of aromatic nitrogens is 1. The van der Waals surface area contributed by atoms with Gasteiger partial charge in [-0.15, -0.1) is 0 Å². The molecular formula is C36H39F3N6O3. The van der Waals surface area contributed by atoms with Crippen LogP contribution in [0.3, 0.4) is 0 Å². The first-order chi connectivity index (χ1) is 23.3. The molecule has 2 N–H and O–H groups in total. The summed E-state index contributed by atoms with van der Waals surface area (Å²) in [6.07, 6.45) is 2.58. The van der Waals surface area contributed by atoms with Crippen molar-refractivity contribution in [2.75, 3.05) is 48.3 Å². The molecule has 3 aliphatic heterocycles. The molecule has 0 saturated carbocycles. The number of carbonyl (C=O) groups is 2. The molecule has 1 unspecified atom stereocenters. The zero-order valence-corrected chi connectivity index (χ0v) is 26.7. The van der Waals surface area contributed by atoms with Crippen molar-refractivity contribution in [1.29, 1.82) is 0 Å². The summed E-state index contributed by atoms with van der Waals surface area (Å²) < 4.78 is 48.3. The van der Waals surface area contributed by atoms with Crippen LogP contribution in [0.15, 0.2) is 96.2 Å². The van der Waals surface area contributed by atoms with Crippen molar-refractivity contribution in [3.63, 3.8) is 0 Å². The number of allylic oxidation sites excluding steroid dienone is 2. The van der Waals surface area contributed by atoms with Gasteiger partial charge in [-0.2, -0.15) is 0 Å². The molecule has 9 nitrogen and oxygen atoms in total. The lowest BCUT2D eigenvalue weighted by atomic mass is 9.89. The molecule has 0 bridgehead atoms. The fourth-order valence-corrected chi connectivity index (χ4v) is 6.48. The molecule has 3 aliphatic rings. The van der Waals surface area contributed by atoms with Gasteiger partial charge in [0.1, 0.15) is 11.6 Å². The van der Waals surface area contributed by atoms with Crippen molar-refractivity contribution in [2.45, 2.75) is 51.0 Å². The lowest BCUT2D eigenvalue weighted by molar-refractivity contribution is -0.116. The Morgan fingerprint density at radius 1 is 0.917 bits per heavy atom. The number of ether oxygens (including phenoxy) is 1.